The van der Waals surface area contributed by atoms with Gasteiger partial charge in [-0.15, -0.1) is 0 Å². The van der Waals surface area contributed by atoms with Crippen molar-refractivity contribution in [1.29, 1.82) is 0 Å². The summed E-state index contributed by atoms with van der Waals surface area (Å²) in [6, 6.07) is 9.47. The Labute approximate surface area is 225 Å². The zero-order valence-electron chi connectivity index (χ0n) is 21.2. The fourth-order valence-electron chi connectivity index (χ4n) is 4.79. The maximum atomic E-state index is 12.9. The van der Waals surface area contributed by atoms with Gasteiger partial charge in [0.2, 0.25) is 5.95 Å². The molecule has 1 aromatic heterocycles. The van der Waals surface area contributed by atoms with Crippen molar-refractivity contribution < 1.29 is 14.3 Å². The number of nitrogens with one attached hydrogen (secondary N) is 3. The largest absolute Gasteiger partial charge is 0.495 e. The molecule has 2 aliphatic heterocycles. The van der Waals surface area contributed by atoms with Crippen molar-refractivity contribution in [2.75, 3.05) is 45.7 Å². The number of aromatic nitrogens is 2. The molecule has 3 aromatic rings. The molecular weight excluding hydrogens is 536 g/mol. The fraction of sp³-hybridized carbons (Fsp3) is 0.444. The van der Waals surface area contributed by atoms with Gasteiger partial charge in [0.25, 0.3) is 5.91 Å². The van der Waals surface area contributed by atoms with E-state index in [9.17, 15) is 4.79 Å². The van der Waals surface area contributed by atoms with Crippen LogP contribution in [0.2, 0.25) is 0 Å². The molecular formula is C27H33BrN6O3. The number of methoxy groups -OCH3 is 1. The minimum atomic E-state index is -0.0917. The number of fused-ring (bicyclic) bond motifs is 1. The van der Waals surface area contributed by atoms with Crippen molar-refractivity contribution in [2.24, 2.45) is 0 Å². The highest BCUT2D eigenvalue weighted by Crippen LogP contribution is 2.33. The number of likely N-dealkylation sites (tertiary alicyclic amines) is 1. The highest BCUT2D eigenvalue weighted by Gasteiger charge is 2.21. The lowest BCUT2D eigenvalue weighted by atomic mass is 10.0. The van der Waals surface area contributed by atoms with E-state index in [0.29, 0.717) is 22.9 Å². The summed E-state index contributed by atoms with van der Waals surface area (Å²) in [5, 5.41) is 10.7. The predicted octanol–water partition coefficient (Wildman–Crippen LogP) is 4.10. The summed E-state index contributed by atoms with van der Waals surface area (Å²) in [4.78, 5) is 24.4. The normalized spacial score (nSPS) is 17.5. The van der Waals surface area contributed by atoms with E-state index in [2.05, 4.69) is 48.8 Å². The second kappa shape index (κ2) is 11.6. The van der Waals surface area contributed by atoms with E-state index in [-0.39, 0.29) is 18.1 Å². The third-order valence-electron chi connectivity index (χ3n) is 7.00. The van der Waals surface area contributed by atoms with Crippen LogP contribution in [0.1, 0.15) is 36.0 Å². The number of anilines is 2. The van der Waals surface area contributed by atoms with Crippen molar-refractivity contribution in [3.05, 3.63) is 46.6 Å². The third kappa shape index (κ3) is 6.14. The molecule has 0 unspecified atom stereocenters. The molecule has 0 atom stereocenters. The molecule has 10 heteroatoms. The number of carbonyl (C=O) groups excluding carboxylic acids is 1. The lowest BCUT2D eigenvalue weighted by Crippen LogP contribution is -2.43. The van der Waals surface area contributed by atoms with Gasteiger partial charge >= 0.3 is 0 Å². The number of carbonyl (C=O) groups is 1. The summed E-state index contributed by atoms with van der Waals surface area (Å²) in [5.74, 6) is 1.61. The maximum Gasteiger partial charge on any atom is 0.251 e. The summed E-state index contributed by atoms with van der Waals surface area (Å²) in [6.45, 7) is 3.88. The highest BCUT2D eigenvalue weighted by atomic mass is 79.9. The van der Waals surface area contributed by atoms with Gasteiger partial charge in [0.15, 0.2) is 0 Å². The average molecular weight is 570 g/mol. The molecule has 0 radical (unpaired) electrons. The van der Waals surface area contributed by atoms with Crippen LogP contribution in [-0.2, 0) is 0 Å². The number of hydrogen-bond acceptors (Lipinski definition) is 8. The lowest BCUT2D eigenvalue weighted by Gasteiger charge is -2.29. The van der Waals surface area contributed by atoms with Gasteiger partial charge in [0.05, 0.1) is 12.8 Å². The Hall–Kier alpha value is -2.95. The zero-order valence-corrected chi connectivity index (χ0v) is 22.8. The van der Waals surface area contributed by atoms with Crippen LogP contribution in [0.15, 0.2) is 41.0 Å². The van der Waals surface area contributed by atoms with Gasteiger partial charge < -0.3 is 30.3 Å². The SMILES string of the molecule is COc1cc(C(=O)NC2CCN(C)CC2)ccc1Nc1ncc2c(Br)ccc(OC3CCNCC3)c2n1. The van der Waals surface area contributed by atoms with Crippen LogP contribution >= 0.6 is 15.9 Å². The Morgan fingerprint density at radius 1 is 1.11 bits per heavy atom. The number of nitrogens with zero attached hydrogens (tertiary/aromatic N) is 3. The standard InChI is InChI=1S/C27H33BrN6O3/c1-34-13-9-18(10-14-34)31-26(35)17-3-5-22(24(15-17)36-2)32-27-30-16-20-21(28)4-6-23(25(20)33-27)37-19-7-11-29-12-8-19/h3-6,15-16,18-19,29H,7-14H2,1-2H3,(H,31,35)(H,30,32,33). The first-order valence-electron chi connectivity index (χ1n) is 12.8. The number of halogens is 1. The average Bonchev–Trinajstić information content (AvgIpc) is 2.92. The second-order valence-corrected chi connectivity index (χ2v) is 10.5. The van der Waals surface area contributed by atoms with Gasteiger partial charge in [0.1, 0.15) is 23.1 Å². The zero-order chi connectivity index (χ0) is 25.8. The van der Waals surface area contributed by atoms with Gasteiger partial charge in [-0.1, -0.05) is 15.9 Å². The summed E-state index contributed by atoms with van der Waals surface area (Å²) < 4.78 is 12.8. The van der Waals surface area contributed by atoms with Crippen LogP contribution in [0.3, 0.4) is 0 Å². The number of piperidine rings is 2. The van der Waals surface area contributed by atoms with Crippen molar-refractivity contribution in [3.63, 3.8) is 0 Å². The van der Waals surface area contributed by atoms with Crippen LogP contribution in [0.5, 0.6) is 11.5 Å². The van der Waals surface area contributed by atoms with E-state index < -0.39 is 0 Å². The van der Waals surface area contributed by atoms with Gasteiger partial charge in [-0.25, -0.2) is 9.97 Å². The van der Waals surface area contributed by atoms with Crippen molar-refractivity contribution in [1.82, 2.24) is 25.5 Å². The third-order valence-corrected chi connectivity index (χ3v) is 7.70. The molecule has 2 aromatic carbocycles. The first-order valence-corrected chi connectivity index (χ1v) is 13.6. The van der Waals surface area contributed by atoms with Crippen molar-refractivity contribution in [3.8, 4) is 11.5 Å². The molecule has 3 N–H and O–H groups in total. The van der Waals surface area contributed by atoms with Crippen LogP contribution in [0.25, 0.3) is 10.9 Å². The highest BCUT2D eigenvalue weighted by molar-refractivity contribution is 9.10. The minimum absolute atomic E-state index is 0.0917. The van der Waals surface area contributed by atoms with E-state index in [1.165, 1.54) is 0 Å². The van der Waals surface area contributed by atoms with Crippen LogP contribution in [-0.4, -0.2) is 73.3 Å². The molecule has 9 nitrogen and oxygen atoms in total. The van der Waals surface area contributed by atoms with Crippen LogP contribution in [0, 0.1) is 0 Å². The molecule has 0 saturated carbocycles. The summed E-state index contributed by atoms with van der Waals surface area (Å²) in [7, 11) is 3.69. The van der Waals surface area contributed by atoms with Crippen LogP contribution in [0.4, 0.5) is 11.6 Å². The molecule has 5 rings (SSSR count). The quantitative estimate of drug-likeness (QED) is 0.391. The number of hydrogen-bond donors (Lipinski definition) is 3. The Morgan fingerprint density at radius 3 is 2.65 bits per heavy atom. The van der Waals surface area contributed by atoms with Gasteiger partial charge in [0, 0.05) is 27.7 Å². The minimum Gasteiger partial charge on any atom is -0.495 e. The molecule has 2 fully saturated rings. The van der Waals surface area contributed by atoms with E-state index in [0.717, 1.165) is 73.0 Å². The molecule has 3 heterocycles. The van der Waals surface area contributed by atoms with E-state index in [1.54, 1.807) is 25.4 Å². The molecule has 0 spiro atoms. The number of rotatable bonds is 7. The molecule has 196 valence electrons. The molecule has 37 heavy (non-hydrogen) atoms. The second-order valence-electron chi connectivity index (χ2n) is 9.66. The fourth-order valence-corrected chi connectivity index (χ4v) is 5.21. The Morgan fingerprint density at radius 2 is 1.89 bits per heavy atom. The van der Waals surface area contributed by atoms with Gasteiger partial charge in [-0.3, -0.25) is 4.79 Å². The smallest absolute Gasteiger partial charge is 0.251 e. The summed E-state index contributed by atoms with van der Waals surface area (Å²) >= 11 is 3.60. The predicted molar refractivity (Wildman–Crippen MR) is 148 cm³/mol. The molecule has 0 bridgehead atoms. The Balaban J connectivity index is 1.34. The van der Waals surface area contributed by atoms with Crippen LogP contribution < -0.4 is 25.4 Å². The Bertz CT molecular complexity index is 1260. The van der Waals surface area contributed by atoms with E-state index in [4.69, 9.17) is 14.5 Å². The number of amides is 1. The van der Waals surface area contributed by atoms with Gasteiger partial charge in [-0.05, 0) is 89.2 Å². The van der Waals surface area contributed by atoms with Gasteiger partial charge in [-0.2, -0.15) is 0 Å². The molecule has 1 amide bonds. The maximum absolute atomic E-state index is 12.9. The topological polar surface area (TPSA) is 101 Å². The van der Waals surface area contributed by atoms with Crippen molar-refractivity contribution in [2.45, 2.75) is 37.8 Å². The monoisotopic (exact) mass is 568 g/mol. The summed E-state index contributed by atoms with van der Waals surface area (Å²) in [6.07, 6.45) is 5.77. The molecule has 2 saturated heterocycles. The van der Waals surface area contributed by atoms with Crippen molar-refractivity contribution >= 4 is 44.4 Å². The summed E-state index contributed by atoms with van der Waals surface area (Å²) in [5.41, 5.74) is 1.97. The number of ether oxygens (including phenoxy) is 2. The molecule has 2 aliphatic rings. The first-order chi connectivity index (χ1) is 18.0. The van der Waals surface area contributed by atoms with E-state index in [1.807, 2.05) is 18.2 Å². The lowest BCUT2D eigenvalue weighted by molar-refractivity contribution is 0.0916. The molecule has 0 aliphatic carbocycles. The number of benzene rings is 2. The van der Waals surface area contributed by atoms with E-state index >= 15 is 0 Å². The first kappa shape index (κ1) is 25.7. The Kier molecular flexibility index (Phi) is 8.07.